The van der Waals surface area contributed by atoms with Gasteiger partial charge in [-0.25, -0.2) is 4.79 Å². The zero-order valence-corrected chi connectivity index (χ0v) is 28.6. The Morgan fingerprint density at radius 2 is 1.59 bits per heavy atom. The Hall–Kier alpha value is -4.67. The number of amides is 3. The predicted octanol–water partition coefficient (Wildman–Crippen LogP) is 7.81. The molecule has 0 radical (unpaired) electrons. The lowest BCUT2D eigenvalue weighted by molar-refractivity contribution is -0.137. The Kier molecular flexibility index (Phi) is 12.2. The van der Waals surface area contributed by atoms with Gasteiger partial charge in [0.05, 0.1) is 5.56 Å². The van der Waals surface area contributed by atoms with Crippen LogP contribution in [0.15, 0.2) is 77.8 Å². The Labute approximate surface area is 285 Å². The molecule has 0 aromatic heterocycles. The van der Waals surface area contributed by atoms with Crippen LogP contribution in [-0.2, 0) is 26.9 Å². The van der Waals surface area contributed by atoms with Gasteiger partial charge in [0.15, 0.2) is 0 Å². The van der Waals surface area contributed by atoms with Crippen molar-refractivity contribution in [3.63, 3.8) is 0 Å². The summed E-state index contributed by atoms with van der Waals surface area (Å²) in [7, 11) is 1.70. The number of benzene rings is 3. The number of carbonyl (C=O) groups excluding carboxylic acids is 3. The van der Waals surface area contributed by atoms with Gasteiger partial charge in [-0.3, -0.25) is 14.6 Å². The molecule has 0 heterocycles. The normalized spacial score (nSPS) is 17.5. The van der Waals surface area contributed by atoms with Crippen molar-refractivity contribution in [3.05, 3.63) is 89.5 Å². The molecular weight excluding hydrogens is 633 g/mol. The first kappa shape index (κ1) is 37.2. The van der Waals surface area contributed by atoms with E-state index in [9.17, 15) is 27.6 Å². The fourth-order valence-electron chi connectivity index (χ4n) is 5.91. The average Bonchev–Trinajstić information content (AvgIpc) is 3.06. The zero-order valence-electron chi connectivity index (χ0n) is 28.6. The second-order valence-corrected chi connectivity index (χ2v) is 13.5. The summed E-state index contributed by atoms with van der Waals surface area (Å²) >= 11 is 0. The van der Waals surface area contributed by atoms with E-state index in [1.54, 1.807) is 70.3 Å². The number of nitrogens with zero attached hydrogens (tertiary/aromatic N) is 1. The van der Waals surface area contributed by atoms with Crippen molar-refractivity contribution in [2.24, 2.45) is 16.8 Å². The van der Waals surface area contributed by atoms with Crippen LogP contribution in [0.2, 0.25) is 0 Å². The van der Waals surface area contributed by atoms with Crippen molar-refractivity contribution >= 4 is 29.3 Å². The molecule has 0 bridgehead atoms. The Bertz CT molecular complexity index is 1640. The van der Waals surface area contributed by atoms with Crippen molar-refractivity contribution in [2.45, 2.75) is 77.6 Å². The molecule has 49 heavy (non-hydrogen) atoms. The average molecular weight is 679 g/mol. The number of halogens is 3. The van der Waals surface area contributed by atoms with Crippen LogP contribution >= 0.6 is 0 Å². The molecule has 1 saturated carbocycles. The lowest BCUT2D eigenvalue weighted by Crippen LogP contribution is -2.48. The molecule has 4 rings (SSSR count). The molecule has 8 nitrogen and oxygen atoms in total. The number of carbonyl (C=O) groups is 3. The monoisotopic (exact) mass is 678 g/mol. The van der Waals surface area contributed by atoms with Crippen molar-refractivity contribution in [1.82, 2.24) is 10.6 Å². The highest BCUT2D eigenvalue weighted by molar-refractivity contribution is 6.00. The first-order valence-corrected chi connectivity index (χ1v) is 16.5. The van der Waals surface area contributed by atoms with Crippen LogP contribution in [0.1, 0.15) is 70.1 Å². The van der Waals surface area contributed by atoms with Gasteiger partial charge in [0.2, 0.25) is 11.8 Å². The number of ether oxygens (including phenoxy) is 1. The molecule has 3 aromatic carbocycles. The maximum atomic E-state index is 13.8. The number of alkyl carbamates (subject to hydrolysis) is 1. The van der Waals surface area contributed by atoms with E-state index in [0.717, 1.165) is 30.2 Å². The highest BCUT2D eigenvalue weighted by atomic mass is 19.4. The lowest BCUT2D eigenvalue weighted by Gasteiger charge is -2.29. The molecule has 11 heteroatoms. The number of aliphatic imine (C=N–C) groups is 1. The van der Waals surface area contributed by atoms with Crippen LogP contribution in [0.3, 0.4) is 0 Å². The summed E-state index contributed by atoms with van der Waals surface area (Å²) in [4.78, 5) is 43.5. The molecule has 0 saturated heterocycles. The molecular formula is C38H45F3N4O4. The quantitative estimate of drug-likeness (QED) is 0.190. The molecule has 1 aliphatic rings. The third-order valence-corrected chi connectivity index (χ3v) is 8.60. The maximum Gasteiger partial charge on any atom is 0.417 e. The molecule has 1 aliphatic carbocycles. The number of alkyl halides is 3. The second kappa shape index (κ2) is 16.2. The molecule has 262 valence electrons. The smallest absolute Gasteiger partial charge is 0.417 e. The van der Waals surface area contributed by atoms with Gasteiger partial charge in [-0.15, -0.1) is 0 Å². The van der Waals surface area contributed by atoms with E-state index in [4.69, 9.17) is 4.74 Å². The summed E-state index contributed by atoms with van der Waals surface area (Å²) in [5.41, 5.74) is 1.91. The van der Waals surface area contributed by atoms with Crippen LogP contribution in [0.4, 0.5) is 23.7 Å². The SMILES string of the molecule is CN=C(C)c1ccc(NC(=O)C(Cc2cccc(-c3ccccc3C(F)(F)F)c2)NC(=O)C2CCC(CNC(=O)OC(C)(C)C)CC2)cc1. The van der Waals surface area contributed by atoms with E-state index in [2.05, 4.69) is 20.9 Å². The zero-order chi connectivity index (χ0) is 35.8. The van der Waals surface area contributed by atoms with Crippen LogP contribution in [-0.4, -0.2) is 48.9 Å². The van der Waals surface area contributed by atoms with E-state index in [1.165, 1.54) is 12.1 Å². The lowest BCUT2D eigenvalue weighted by atomic mass is 9.81. The number of hydrogen-bond acceptors (Lipinski definition) is 5. The van der Waals surface area contributed by atoms with Gasteiger partial charge >= 0.3 is 12.3 Å². The summed E-state index contributed by atoms with van der Waals surface area (Å²) in [5.74, 6) is -0.836. The highest BCUT2D eigenvalue weighted by Gasteiger charge is 2.34. The molecule has 3 aromatic rings. The minimum Gasteiger partial charge on any atom is -0.444 e. The topological polar surface area (TPSA) is 109 Å². The minimum absolute atomic E-state index is 0.0332. The Balaban J connectivity index is 1.49. The Morgan fingerprint density at radius 1 is 0.918 bits per heavy atom. The molecule has 0 aliphatic heterocycles. The van der Waals surface area contributed by atoms with Gasteiger partial charge in [0.25, 0.3) is 0 Å². The van der Waals surface area contributed by atoms with Crippen LogP contribution in [0.5, 0.6) is 0 Å². The highest BCUT2D eigenvalue weighted by Crippen LogP contribution is 2.37. The molecule has 1 atom stereocenters. The maximum absolute atomic E-state index is 13.8. The second-order valence-electron chi connectivity index (χ2n) is 13.5. The van der Waals surface area contributed by atoms with E-state index in [0.29, 0.717) is 36.2 Å². The van der Waals surface area contributed by atoms with Crippen molar-refractivity contribution in [2.75, 3.05) is 18.9 Å². The standard InChI is InChI=1S/C38H45F3N4O4/c1-24(42-5)27-17-19-30(20-18-27)44-35(47)33(22-26-9-8-10-29(21-26)31-11-6-7-12-32(31)38(39,40)41)45-34(46)28-15-13-25(14-16-28)23-43-36(48)49-37(2,3)4/h6-12,17-21,25,28,33H,13-16,22-23H2,1-5H3,(H,43,48)(H,44,47)(H,45,46). The van der Waals surface area contributed by atoms with E-state index >= 15 is 0 Å². The van der Waals surface area contributed by atoms with Gasteiger partial charge in [0, 0.05) is 37.3 Å². The predicted molar refractivity (Wildman–Crippen MR) is 185 cm³/mol. The van der Waals surface area contributed by atoms with Gasteiger partial charge in [0.1, 0.15) is 11.6 Å². The number of hydrogen-bond donors (Lipinski definition) is 3. The molecule has 3 amide bonds. The van der Waals surface area contributed by atoms with E-state index in [1.807, 2.05) is 19.1 Å². The molecule has 0 spiro atoms. The van der Waals surface area contributed by atoms with Crippen LogP contribution in [0.25, 0.3) is 11.1 Å². The van der Waals surface area contributed by atoms with Gasteiger partial charge < -0.3 is 20.7 Å². The summed E-state index contributed by atoms with van der Waals surface area (Å²) in [6, 6.07) is 18.1. The van der Waals surface area contributed by atoms with E-state index < -0.39 is 35.4 Å². The van der Waals surface area contributed by atoms with Crippen LogP contribution in [0, 0.1) is 11.8 Å². The summed E-state index contributed by atoms with van der Waals surface area (Å²) in [6.45, 7) is 7.72. The molecule has 1 unspecified atom stereocenters. The third-order valence-electron chi connectivity index (χ3n) is 8.60. The summed E-state index contributed by atoms with van der Waals surface area (Å²) in [5, 5.41) is 8.63. The fraction of sp³-hybridized carbons (Fsp3) is 0.421. The van der Waals surface area contributed by atoms with Gasteiger partial charge in [-0.1, -0.05) is 54.6 Å². The molecule has 3 N–H and O–H groups in total. The summed E-state index contributed by atoms with van der Waals surface area (Å²) < 4.78 is 46.7. The number of nitrogens with one attached hydrogen (secondary N) is 3. The fourth-order valence-corrected chi connectivity index (χ4v) is 5.91. The molecule has 1 fully saturated rings. The van der Waals surface area contributed by atoms with Crippen LogP contribution < -0.4 is 16.0 Å². The number of rotatable bonds is 10. The van der Waals surface area contributed by atoms with Crippen molar-refractivity contribution in [1.29, 1.82) is 0 Å². The minimum atomic E-state index is -4.54. The van der Waals surface area contributed by atoms with E-state index in [-0.39, 0.29) is 29.7 Å². The Morgan fingerprint density at radius 3 is 2.22 bits per heavy atom. The first-order valence-electron chi connectivity index (χ1n) is 16.5. The summed E-state index contributed by atoms with van der Waals surface area (Å²) in [6.07, 6.45) is -2.33. The largest absolute Gasteiger partial charge is 0.444 e. The van der Waals surface area contributed by atoms with Gasteiger partial charge in [-0.05, 0) is 99.7 Å². The first-order chi connectivity index (χ1) is 23.1. The third kappa shape index (κ3) is 10.9. The van der Waals surface area contributed by atoms with Gasteiger partial charge in [-0.2, -0.15) is 13.2 Å². The number of anilines is 1. The van der Waals surface area contributed by atoms with Crippen molar-refractivity contribution in [3.8, 4) is 11.1 Å². The van der Waals surface area contributed by atoms with Crippen molar-refractivity contribution < 1.29 is 32.3 Å².